The van der Waals surface area contributed by atoms with Crippen molar-refractivity contribution >= 4 is 32.0 Å². The lowest BCUT2D eigenvalue weighted by Crippen LogP contribution is -2.54. The lowest BCUT2D eigenvalue weighted by atomic mass is 9.88. The van der Waals surface area contributed by atoms with Crippen molar-refractivity contribution in [2.24, 2.45) is 0 Å². The number of hydrogen-bond acceptors (Lipinski definition) is 10. The highest BCUT2D eigenvalue weighted by Gasteiger charge is 2.49. The molecular weight excluding hydrogens is 790 g/mol. The maximum atomic E-state index is 13.8. The highest BCUT2D eigenvalue weighted by molar-refractivity contribution is 6.73. The zero-order valence-corrected chi connectivity index (χ0v) is 37.1. The van der Waals surface area contributed by atoms with E-state index in [1.165, 1.54) is 7.11 Å². The van der Waals surface area contributed by atoms with Crippen molar-refractivity contribution in [2.45, 2.75) is 115 Å². The highest BCUT2D eigenvalue weighted by Crippen LogP contribution is 2.45. The van der Waals surface area contributed by atoms with Gasteiger partial charge in [0, 0.05) is 25.5 Å². The molecule has 4 bridgehead atoms. The van der Waals surface area contributed by atoms with Gasteiger partial charge in [-0.3, -0.25) is 4.79 Å². The van der Waals surface area contributed by atoms with E-state index in [1.54, 1.807) is 40.0 Å². The molecule has 2 aromatic carbocycles. The van der Waals surface area contributed by atoms with Crippen LogP contribution in [0.3, 0.4) is 0 Å². The average Bonchev–Trinajstić information content (AvgIpc) is 3.60. The van der Waals surface area contributed by atoms with Gasteiger partial charge in [-0.25, -0.2) is 4.79 Å². The summed E-state index contributed by atoms with van der Waals surface area (Å²) in [7, 11) is 0.759. The molecule has 2 aliphatic carbocycles. The molecule has 0 saturated carbocycles. The summed E-state index contributed by atoms with van der Waals surface area (Å²) in [4.78, 5) is 27.0. The summed E-state index contributed by atoms with van der Waals surface area (Å²) in [6.45, 7) is 11.7. The lowest BCUT2D eigenvalue weighted by molar-refractivity contribution is -0.147. The number of rotatable bonds is 13. The summed E-state index contributed by atoms with van der Waals surface area (Å²) >= 11 is 7.13. The second kappa shape index (κ2) is 20.5. The van der Waals surface area contributed by atoms with E-state index >= 15 is 0 Å². The van der Waals surface area contributed by atoms with E-state index in [-0.39, 0.29) is 49.4 Å². The van der Waals surface area contributed by atoms with Gasteiger partial charge in [-0.05, 0) is 85.9 Å². The molecule has 0 fully saturated rings. The van der Waals surface area contributed by atoms with Gasteiger partial charge in [-0.15, -0.1) is 0 Å². The Hall–Kier alpha value is -4.69. The van der Waals surface area contributed by atoms with E-state index in [0.29, 0.717) is 17.6 Å². The van der Waals surface area contributed by atoms with E-state index in [0.717, 1.165) is 35.0 Å². The summed E-state index contributed by atoms with van der Waals surface area (Å²) < 4.78 is 49.2. The van der Waals surface area contributed by atoms with Crippen molar-refractivity contribution in [3.63, 3.8) is 0 Å². The van der Waals surface area contributed by atoms with E-state index in [9.17, 15) is 9.59 Å². The third-order valence-corrected chi connectivity index (χ3v) is 15.4. The quantitative estimate of drug-likeness (QED) is 0.0905. The van der Waals surface area contributed by atoms with Gasteiger partial charge in [0.1, 0.15) is 29.7 Å². The summed E-state index contributed by atoms with van der Waals surface area (Å²) in [6.07, 6.45) is 5.84. The first-order valence-electron chi connectivity index (χ1n) is 20.0. The number of methoxy groups -OCH3 is 2. The third-order valence-electron chi connectivity index (χ3n) is 10.4. The molecule has 59 heavy (non-hydrogen) atoms. The van der Waals surface area contributed by atoms with E-state index in [1.807, 2.05) is 48.6 Å². The number of esters is 1. The van der Waals surface area contributed by atoms with Crippen LogP contribution in [0, 0.1) is 23.7 Å². The number of ether oxygens (including phenoxy) is 7. The van der Waals surface area contributed by atoms with Gasteiger partial charge in [0.05, 0.1) is 31.2 Å². The number of hydrogen-bond donors (Lipinski definition) is 1. The Bertz CT molecular complexity index is 2020. The minimum atomic E-state index is -2.35. The molecule has 0 aromatic heterocycles. The molecule has 13 heteroatoms. The van der Waals surface area contributed by atoms with Crippen LogP contribution in [-0.4, -0.2) is 71.4 Å². The molecule has 0 spiro atoms. The van der Waals surface area contributed by atoms with Gasteiger partial charge in [-0.1, -0.05) is 86.4 Å². The van der Waals surface area contributed by atoms with Crippen LogP contribution in [0.15, 0.2) is 71.8 Å². The normalized spacial score (nSPS) is 22.5. The molecule has 11 nitrogen and oxygen atoms in total. The Morgan fingerprint density at radius 3 is 2.49 bits per heavy atom. The Morgan fingerprint density at radius 1 is 1.07 bits per heavy atom. The summed E-state index contributed by atoms with van der Waals surface area (Å²) in [6, 6.07) is 12.5. The molecule has 316 valence electrons. The predicted octanol–water partition coefficient (Wildman–Crippen LogP) is 9.16. The number of allylic oxidation sites excluding steroid dienone is 3. The molecule has 0 saturated heterocycles. The first-order chi connectivity index (χ1) is 28.3. The van der Waals surface area contributed by atoms with Gasteiger partial charge in [-0.2, -0.15) is 0 Å². The van der Waals surface area contributed by atoms with Gasteiger partial charge in [0.15, 0.2) is 32.7 Å². The maximum absolute atomic E-state index is 13.8. The van der Waals surface area contributed by atoms with Gasteiger partial charge < -0.3 is 42.9 Å². The molecule has 4 aliphatic rings. The molecule has 1 amide bonds. The standard InChI is InChI=1S/C46H56ClNO10Si/c1-9-59(10-2,11-3)58-46-25-15-19-35(46)18-14-17-33-16-12-13-20-41(46)56-43-37(47)26-34(27-39(43)55-31-51-7)38(48-44(50)57-45(4,5)6)28-42(49)54-30-40(33)53-29-32-21-23-36(52-8)24-22-32/h15-16,19,21-27,38,40-41H,9-12,18,28-31H2,1-8H3,(H,48,50)/b33-16+/t38-,40-,41+,46+/m0/s1. The van der Waals surface area contributed by atoms with E-state index in [2.05, 4.69) is 49.8 Å². The zero-order chi connectivity index (χ0) is 42.6. The Balaban J connectivity index is 1.68. The fraction of sp³-hybridized carbons (Fsp3) is 0.478. The van der Waals surface area contributed by atoms with Crippen LogP contribution < -0.4 is 19.5 Å². The van der Waals surface area contributed by atoms with E-state index < -0.39 is 49.8 Å². The number of nitrogens with one attached hydrogen (secondary N) is 1. The van der Waals surface area contributed by atoms with Gasteiger partial charge in [0.25, 0.3) is 0 Å². The molecule has 6 rings (SSSR count). The topological polar surface area (TPSA) is 120 Å². The minimum absolute atomic E-state index is 0.149. The molecule has 0 radical (unpaired) electrons. The number of amides is 1. The Kier molecular flexibility index (Phi) is 15.8. The second-order valence-corrected chi connectivity index (χ2v) is 20.6. The first-order valence-corrected chi connectivity index (χ1v) is 23.0. The van der Waals surface area contributed by atoms with Crippen molar-refractivity contribution in [3.8, 4) is 40.9 Å². The van der Waals surface area contributed by atoms with Crippen LogP contribution >= 0.6 is 11.6 Å². The Labute approximate surface area is 354 Å². The second-order valence-electron chi connectivity index (χ2n) is 15.5. The average molecular weight is 846 g/mol. The fourth-order valence-electron chi connectivity index (χ4n) is 7.01. The fourth-order valence-corrected chi connectivity index (χ4v) is 10.2. The van der Waals surface area contributed by atoms with Gasteiger partial charge >= 0.3 is 12.1 Å². The van der Waals surface area contributed by atoms with Crippen molar-refractivity contribution in [1.82, 2.24) is 5.32 Å². The third kappa shape index (κ3) is 11.7. The monoisotopic (exact) mass is 845 g/mol. The zero-order valence-electron chi connectivity index (χ0n) is 35.3. The maximum Gasteiger partial charge on any atom is 0.408 e. The highest BCUT2D eigenvalue weighted by atomic mass is 35.5. The Morgan fingerprint density at radius 2 is 1.81 bits per heavy atom. The minimum Gasteiger partial charge on any atom is -0.497 e. The molecular formula is C46H56ClNO10Si. The largest absolute Gasteiger partial charge is 0.497 e. The van der Waals surface area contributed by atoms with Crippen LogP contribution in [0.5, 0.6) is 17.2 Å². The molecule has 2 aromatic rings. The summed E-state index contributed by atoms with van der Waals surface area (Å²) in [5.74, 6) is 14.0. The lowest BCUT2D eigenvalue weighted by Gasteiger charge is -2.43. The number of benzene rings is 2. The predicted molar refractivity (Wildman–Crippen MR) is 229 cm³/mol. The smallest absolute Gasteiger partial charge is 0.408 e. The first kappa shape index (κ1) is 45.4. The summed E-state index contributed by atoms with van der Waals surface area (Å²) in [5, 5.41) is 2.99. The molecule has 2 aliphatic heterocycles. The molecule has 0 unspecified atom stereocenters. The number of halogens is 1. The van der Waals surface area contributed by atoms with Gasteiger partial charge in [0.2, 0.25) is 0 Å². The van der Waals surface area contributed by atoms with Crippen LogP contribution in [0.2, 0.25) is 23.2 Å². The van der Waals surface area contributed by atoms with Crippen LogP contribution in [-0.2, 0) is 34.8 Å². The van der Waals surface area contributed by atoms with Crippen molar-refractivity contribution < 1.29 is 47.2 Å². The van der Waals surface area contributed by atoms with Crippen LogP contribution in [0.1, 0.15) is 78.0 Å². The number of alkyl carbamates (subject to hydrolysis) is 1. The molecule has 1 N–H and O–H groups in total. The van der Waals surface area contributed by atoms with Crippen molar-refractivity contribution in [1.29, 1.82) is 0 Å². The number of carbonyl (C=O) groups excluding carboxylic acids is 2. The van der Waals surface area contributed by atoms with Crippen LogP contribution in [0.4, 0.5) is 4.79 Å². The molecule has 2 heterocycles. The van der Waals surface area contributed by atoms with Crippen LogP contribution in [0.25, 0.3) is 0 Å². The molecule has 4 atom stereocenters. The SMILES string of the molecule is CC[Si](CC)(CC)O[C@]12C=CC=C1CC#C/C1=C\CC#C[C@H]2Oc2c(Cl)cc(cc2OCOC)[C@@H](NC(=O)OC(C)(C)C)CC(=O)OC[C@@H]1OCc1ccc(OC)cc1. The van der Waals surface area contributed by atoms with E-state index in [4.69, 9.17) is 49.2 Å². The summed E-state index contributed by atoms with van der Waals surface area (Å²) in [5.41, 5.74) is 0.900. The van der Waals surface area contributed by atoms with Crippen molar-refractivity contribution in [2.75, 3.05) is 27.6 Å². The van der Waals surface area contributed by atoms with Crippen molar-refractivity contribution in [3.05, 3.63) is 88.0 Å². The number of fused-ring (bicyclic) bond motifs is 8. The number of carbonyl (C=O) groups is 2.